The van der Waals surface area contributed by atoms with Crippen LogP contribution in [0.3, 0.4) is 0 Å². The van der Waals surface area contributed by atoms with Crippen LogP contribution in [0.2, 0.25) is 0 Å². The van der Waals surface area contributed by atoms with Gasteiger partial charge >= 0.3 is 0 Å². The van der Waals surface area contributed by atoms with Gasteiger partial charge in [0.15, 0.2) is 0 Å². The van der Waals surface area contributed by atoms with Crippen LogP contribution in [-0.4, -0.2) is 34.6 Å². The predicted molar refractivity (Wildman–Crippen MR) is 133 cm³/mol. The van der Waals surface area contributed by atoms with Crippen LogP contribution in [0, 0.1) is 6.92 Å². The number of rotatable bonds is 11. The van der Waals surface area contributed by atoms with E-state index in [4.69, 9.17) is 0 Å². The molecule has 172 valence electrons. The third kappa shape index (κ3) is 7.40. The highest BCUT2D eigenvalue weighted by Crippen LogP contribution is 2.20. The Hall–Kier alpha value is -2.27. The van der Waals surface area contributed by atoms with Gasteiger partial charge in [-0.25, -0.2) is 0 Å². The predicted octanol–water partition coefficient (Wildman–Crippen LogP) is 5.48. The molecule has 0 heterocycles. The highest BCUT2D eigenvalue weighted by atomic mass is 32.2. The average molecular weight is 453 g/mol. The first-order valence-corrected chi connectivity index (χ1v) is 13.0. The Bertz CT molecular complexity index is 848. The summed E-state index contributed by atoms with van der Waals surface area (Å²) in [5.74, 6) is 1.70. The molecule has 5 heteroatoms. The summed E-state index contributed by atoms with van der Waals surface area (Å²) in [7, 11) is 0. The second-order valence-electron chi connectivity index (χ2n) is 8.71. The molecule has 1 saturated carbocycles. The van der Waals surface area contributed by atoms with E-state index in [-0.39, 0.29) is 17.9 Å². The Morgan fingerprint density at radius 2 is 1.72 bits per heavy atom. The molecule has 1 aliphatic rings. The van der Waals surface area contributed by atoms with Crippen LogP contribution < -0.4 is 5.32 Å². The van der Waals surface area contributed by atoms with E-state index in [1.165, 1.54) is 24.0 Å². The van der Waals surface area contributed by atoms with E-state index in [0.717, 1.165) is 29.9 Å². The lowest BCUT2D eigenvalue weighted by molar-refractivity contribution is -0.141. The molecule has 32 heavy (non-hydrogen) atoms. The highest BCUT2D eigenvalue weighted by Gasteiger charge is 2.30. The summed E-state index contributed by atoms with van der Waals surface area (Å²) in [5.41, 5.74) is 3.52. The number of nitrogens with zero attached hydrogens (tertiary/aromatic N) is 1. The van der Waals surface area contributed by atoms with Crippen molar-refractivity contribution >= 4 is 23.6 Å². The van der Waals surface area contributed by atoms with Crippen LogP contribution in [0.5, 0.6) is 0 Å². The van der Waals surface area contributed by atoms with Crippen LogP contribution in [0.4, 0.5) is 0 Å². The second kappa shape index (κ2) is 12.7. The van der Waals surface area contributed by atoms with E-state index >= 15 is 0 Å². The summed E-state index contributed by atoms with van der Waals surface area (Å²) in [6.45, 7) is 4.53. The Labute approximate surface area is 197 Å². The van der Waals surface area contributed by atoms with Crippen LogP contribution in [-0.2, 0) is 21.9 Å². The van der Waals surface area contributed by atoms with E-state index < -0.39 is 6.04 Å². The third-order valence-electron chi connectivity index (χ3n) is 6.13. The third-order valence-corrected chi connectivity index (χ3v) is 7.16. The molecule has 0 radical (unpaired) electrons. The zero-order valence-corrected chi connectivity index (χ0v) is 20.2. The molecule has 0 saturated heterocycles. The molecule has 0 unspecified atom stereocenters. The van der Waals surface area contributed by atoms with Gasteiger partial charge in [0.2, 0.25) is 11.8 Å². The molecule has 1 fully saturated rings. The maximum atomic E-state index is 13.3. The first kappa shape index (κ1) is 24.4. The van der Waals surface area contributed by atoms with Gasteiger partial charge in [-0.15, -0.1) is 0 Å². The SMILES string of the molecule is CC[C@H](C(=O)NC1CCCC1)N(Cc1ccc(C)cc1)C(=O)CCSCc1ccccc1. The summed E-state index contributed by atoms with van der Waals surface area (Å²) in [6, 6.07) is 18.4. The fraction of sp³-hybridized carbons (Fsp3) is 0.481. The van der Waals surface area contributed by atoms with Crippen LogP contribution in [0.25, 0.3) is 0 Å². The van der Waals surface area contributed by atoms with E-state index in [1.807, 2.05) is 25.1 Å². The number of hydrogen-bond acceptors (Lipinski definition) is 3. The molecular weight excluding hydrogens is 416 g/mol. The van der Waals surface area contributed by atoms with Gasteiger partial charge in [0, 0.05) is 30.5 Å². The van der Waals surface area contributed by atoms with E-state index in [0.29, 0.717) is 19.4 Å². The Kier molecular flexibility index (Phi) is 9.66. The van der Waals surface area contributed by atoms with Crippen molar-refractivity contribution in [1.29, 1.82) is 0 Å². The molecule has 0 aromatic heterocycles. The smallest absolute Gasteiger partial charge is 0.243 e. The average Bonchev–Trinajstić information content (AvgIpc) is 3.31. The van der Waals surface area contributed by atoms with Gasteiger partial charge < -0.3 is 10.2 Å². The first-order chi connectivity index (χ1) is 15.6. The lowest BCUT2D eigenvalue weighted by atomic mass is 10.1. The largest absolute Gasteiger partial charge is 0.352 e. The standard InChI is InChI=1S/C27H36N2O2S/c1-3-25(27(31)28-24-11-7-8-12-24)29(19-22-15-13-21(2)14-16-22)26(30)17-18-32-20-23-9-5-4-6-10-23/h4-6,9-10,13-16,24-25H,3,7-8,11-12,17-20H2,1-2H3,(H,28,31)/t25-/m1/s1. The number of benzene rings is 2. The zero-order valence-electron chi connectivity index (χ0n) is 19.4. The molecule has 3 rings (SSSR count). The molecule has 0 bridgehead atoms. The van der Waals surface area contributed by atoms with E-state index in [9.17, 15) is 9.59 Å². The van der Waals surface area contributed by atoms with Crippen molar-refractivity contribution in [3.05, 3.63) is 71.3 Å². The number of hydrogen-bond donors (Lipinski definition) is 1. The molecule has 1 N–H and O–H groups in total. The van der Waals surface area contributed by atoms with Crippen molar-refractivity contribution in [2.24, 2.45) is 0 Å². The monoisotopic (exact) mass is 452 g/mol. The summed E-state index contributed by atoms with van der Waals surface area (Å²) in [5, 5.41) is 3.21. The van der Waals surface area contributed by atoms with Gasteiger partial charge in [0.25, 0.3) is 0 Å². The summed E-state index contributed by atoms with van der Waals surface area (Å²) in [4.78, 5) is 28.2. The summed E-state index contributed by atoms with van der Waals surface area (Å²) in [6.07, 6.45) is 5.50. The van der Waals surface area contributed by atoms with Gasteiger partial charge in [0.05, 0.1) is 0 Å². The molecule has 4 nitrogen and oxygen atoms in total. The van der Waals surface area contributed by atoms with Gasteiger partial charge in [0.1, 0.15) is 6.04 Å². The lowest BCUT2D eigenvalue weighted by Gasteiger charge is -2.31. The minimum absolute atomic E-state index is 0.00296. The normalized spacial score (nSPS) is 14.8. The van der Waals surface area contributed by atoms with Crippen molar-refractivity contribution in [3.8, 4) is 0 Å². The minimum Gasteiger partial charge on any atom is -0.352 e. The van der Waals surface area contributed by atoms with Crippen molar-refractivity contribution in [2.45, 2.75) is 76.8 Å². The van der Waals surface area contributed by atoms with E-state index in [1.54, 1.807) is 16.7 Å². The van der Waals surface area contributed by atoms with Gasteiger partial charge in [-0.3, -0.25) is 9.59 Å². The van der Waals surface area contributed by atoms with Crippen molar-refractivity contribution in [3.63, 3.8) is 0 Å². The number of thioether (sulfide) groups is 1. The molecule has 1 atom stereocenters. The van der Waals surface area contributed by atoms with Gasteiger partial charge in [-0.1, -0.05) is 79.9 Å². The van der Waals surface area contributed by atoms with Gasteiger partial charge in [-0.2, -0.15) is 11.8 Å². The Morgan fingerprint density at radius 1 is 1.03 bits per heavy atom. The lowest BCUT2D eigenvalue weighted by Crippen LogP contribution is -2.51. The van der Waals surface area contributed by atoms with Crippen molar-refractivity contribution < 1.29 is 9.59 Å². The molecular formula is C27H36N2O2S. The quantitative estimate of drug-likeness (QED) is 0.459. The molecule has 1 aliphatic carbocycles. The first-order valence-electron chi connectivity index (χ1n) is 11.8. The second-order valence-corrected chi connectivity index (χ2v) is 9.81. The number of carbonyl (C=O) groups is 2. The molecule has 2 aromatic carbocycles. The number of carbonyl (C=O) groups excluding carboxylic acids is 2. The topological polar surface area (TPSA) is 49.4 Å². The number of aryl methyl sites for hydroxylation is 1. The van der Waals surface area contributed by atoms with E-state index in [2.05, 4.69) is 48.6 Å². The molecule has 2 aromatic rings. The van der Waals surface area contributed by atoms with Gasteiger partial charge in [-0.05, 0) is 37.3 Å². The molecule has 0 aliphatic heterocycles. The molecule has 0 spiro atoms. The van der Waals surface area contributed by atoms with Crippen LogP contribution in [0.1, 0.15) is 62.1 Å². The number of nitrogens with one attached hydrogen (secondary N) is 1. The minimum atomic E-state index is -0.427. The summed E-state index contributed by atoms with van der Waals surface area (Å²) >= 11 is 1.77. The van der Waals surface area contributed by atoms with Crippen molar-refractivity contribution in [1.82, 2.24) is 10.2 Å². The van der Waals surface area contributed by atoms with Crippen LogP contribution in [0.15, 0.2) is 54.6 Å². The van der Waals surface area contributed by atoms with Crippen LogP contribution >= 0.6 is 11.8 Å². The Morgan fingerprint density at radius 3 is 2.38 bits per heavy atom. The van der Waals surface area contributed by atoms with Crippen molar-refractivity contribution in [2.75, 3.05) is 5.75 Å². The maximum absolute atomic E-state index is 13.3. The molecule has 2 amide bonds. The fourth-order valence-corrected chi connectivity index (χ4v) is 5.14. The highest BCUT2D eigenvalue weighted by molar-refractivity contribution is 7.98. The Balaban J connectivity index is 1.64. The number of amides is 2. The maximum Gasteiger partial charge on any atom is 0.243 e. The summed E-state index contributed by atoms with van der Waals surface area (Å²) < 4.78 is 0. The fourth-order valence-electron chi connectivity index (χ4n) is 4.24. The zero-order chi connectivity index (χ0) is 22.8.